The summed E-state index contributed by atoms with van der Waals surface area (Å²) in [7, 11) is -3.39. The van der Waals surface area contributed by atoms with Gasteiger partial charge in [-0.15, -0.1) is 0 Å². The first-order valence-electron chi connectivity index (χ1n) is 8.63. The molecule has 1 amide bonds. The van der Waals surface area contributed by atoms with Crippen LogP contribution in [0.1, 0.15) is 36.8 Å². The molecule has 3 rings (SSSR count). The highest BCUT2D eigenvalue weighted by molar-refractivity contribution is 7.85. The third-order valence-corrected chi connectivity index (χ3v) is 5.40. The van der Waals surface area contributed by atoms with E-state index in [9.17, 15) is 18.0 Å². The first-order valence-corrected chi connectivity index (χ1v) is 10.4. The Morgan fingerprint density at radius 1 is 1.24 bits per heavy atom. The largest absolute Gasteiger partial charge is 0.311 e. The third-order valence-electron chi connectivity index (χ3n) is 4.81. The molecule has 0 saturated heterocycles. The van der Waals surface area contributed by atoms with E-state index in [4.69, 9.17) is 0 Å². The maximum Gasteiger partial charge on any atom is 0.264 e. The average Bonchev–Trinajstić information content (AvgIpc) is 2.87. The van der Waals surface area contributed by atoms with Gasteiger partial charge in [-0.3, -0.25) is 13.8 Å². The molecule has 0 spiro atoms. The first kappa shape index (κ1) is 18.1. The van der Waals surface area contributed by atoms with Crippen LogP contribution in [0.25, 0.3) is 0 Å². The molecule has 1 aromatic rings. The molecule has 1 unspecified atom stereocenters. The zero-order chi connectivity index (χ0) is 18.0. The Morgan fingerprint density at radius 2 is 2.00 bits per heavy atom. The van der Waals surface area contributed by atoms with Crippen molar-refractivity contribution < 1.29 is 22.2 Å². The SMILES string of the molecule is CS(=O)(=O)OCCCCCC(=O)C1Cc2cccc3c2N(C1)C(=O)C3. The Hall–Kier alpha value is -1.73. The number of amides is 1. The second-order valence-corrected chi connectivity index (χ2v) is 8.45. The Labute approximate surface area is 148 Å². The maximum absolute atomic E-state index is 12.5. The van der Waals surface area contributed by atoms with Crippen molar-refractivity contribution in [2.45, 2.75) is 38.5 Å². The van der Waals surface area contributed by atoms with Gasteiger partial charge >= 0.3 is 0 Å². The zero-order valence-corrected chi connectivity index (χ0v) is 15.2. The minimum atomic E-state index is -3.39. The van der Waals surface area contributed by atoms with Crippen LogP contribution in [0, 0.1) is 5.92 Å². The summed E-state index contributed by atoms with van der Waals surface area (Å²) < 4.78 is 26.4. The molecule has 0 fully saturated rings. The van der Waals surface area contributed by atoms with Crippen LogP contribution in [0.4, 0.5) is 5.69 Å². The lowest BCUT2D eigenvalue weighted by atomic mass is 9.87. The summed E-state index contributed by atoms with van der Waals surface area (Å²) in [4.78, 5) is 26.5. The number of ketones is 1. The molecule has 0 aliphatic carbocycles. The van der Waals surface area contributed by atoms with Crippen molar-refractivity contribution in [1.29, 1.82) is 0 Å². The number of para-hydroxylation sites is 1. The molecule has 1 aromatic carbocycles. The van der Waals surface area contributed by atoms with E-state index in [1.165, 1.54) is 0 Å². The number of benzene rings is 1. The van der Waals surface area contributed by atoms with Crippen molar-refractivity contribution >= 4 is 27.5 Å². The number of carbonyl (C=O) groups is 2. The molecule has 2 aliphatic rings. The van der Waals surface area contributed by atoms with Crippen molar-refractivity contribution in [1.82, 2.24) is 0 Å². The molecule has 1 atom stereocenters. The summed E-state index contributed by atoms with van der Waals surface area (Å²) in [6, 6.07) is 5.95. The van der Waals surface area contributed by atoms with E-state index >= 15 is 0 Å². The van der Waals surface area contributed by atoms with Crippen molar-refractivity contribution in [3.8, 4) is 0 Å². The Kier molecular flexibility index (Phi) is 5.24. The van der Waals surface area contributed by atoms with E-state index in [0.29, 0.717) is 38.6 Å². The summed E-state index contributed by atoms with van der Waals surface area (Å²) in [6.07, 6.45) is 4.69. The van der Waals surface area contributed by atoms with Crippen LogP contribution in [0.15, 0.2) is 18.2 Å². The molecular formula is C18H23NO5S. The molecule has 0 bridgehead atoms. The number of carbonyl (C=O) groups excluding carboxylic acids is 2. The van der Waals surface area contributed by atoms with E-state index in [-0.39, 0.29) is 24.2 Å². The van der Waals surface area contributed by atoms with Crippen molar-refractivity contribution in [3.05, 3.63) is 29.3 Å². The second-order valence-electron chi connectivity index (χ2n) is 6.81. The van der Waals surface area contributed by atoms with E-state index in [0.717, 1.165) is 29.5 Å². The fourth-order valence-electron chi connectivity index (χ4n) is 3.63. The van der Waals surface area contributed by atoms with E-state index in [1.807, 2.05) is 18.2 Å². The number of unbranched alkanes of at least 4 members (excludes halogenated alkanes) is 2. The predicted molar refractivity (Wildman–Crippen MR) is 94.0 cm³/mol. The van der Waals surface area contributed by atoms with Gasteiger partial charge in [0.05, 0.1) is 25.0 Å². The van der Waals surface area contributed by atoms with Gasteiger partial charge in [0.1, 0.15) is 5.78 Å². The third kappa shape index (κ3) is 4.27. The molecular weight excluding hydrogens is 342 g/mol. The Balaban J connectivity index is 1.49. The van der Waals surface area contributed by atoms with E-state index < -0.39 is 10.1 Å². The summed E-state index contributed by atoms with van der Waals surface area (Å²) >= 11 is 0. The fraction of sp³-hybridized carbons (Fsp3) is 0.556. The van der Waals surface area contributed by atoms with Gasteiger partial charge in [0.15, 0.2) is 0 Å². The minimum Gasteiger partial charge on any atom is -0.311 e. The van der Waals surface area contributed by atoms with Crippen LogP contribution < -0.4 is 4.90 Å². The topological polar surface area (TPSA) is 80.8 Å². The lowest BCUT2D eigenvalue weighted by Gasteiger charge is -2.31. The molecule has 25 heavy (non-hydrogen) atoms. The molecule has 6 nitrogen and oxygen atoms in total. The highest BCUT2D eigenvalue weighted by atomic mass is 32.2. The summed E-state index contributed by atoms with van der Waals surface area (Å²) in [6.45, 7) is 0.647. The number of nitrogens with zero attached hydrogens (tertiary/aromatic N) is 1. The number of hydrogen-bond acceptors (Lipinski definition) is 5. The molecule has 2 heterocycles. The van der Waals surface area contributed by atoms with Gasteiger partial charge in [-0.05, 0) is 30.4 Å². The van der Waals surface area contributed by atoms with Gasteiger partial charge in [-0.2, -0.15) is 8.42 Å². The number of anilines is 1. The highest BCUT2D eigenvalue weighted by Gasteiger charge is 2.37. The smallest absolute Gasteiger partial charge is 0.264 e. The molecule has 0 aromatic heterocycles. The van der Waals surface area contributed by atoms with Crippen molar-refractivity contribution in [3.63, 3.8) is 0 Å². The van der Waals surface area contributed by atoms with Gasteiger partial charge in [-0.1, -0.05) is 24.6 Å². The van der Waals surface area contributed by atoms with Gasteiger partial charge in [0, 0.05) is 18.9 Å². The predicted octanol–water partition coefficient (Wildman–Crippen LogP) is 1.85. The number of rotatable bonds is 8. The molecule has 0 saturated carbocycles. The lowest BCUT2D eigenvalue weighted by molar-refractivity contribution is -0.123. The van der Waals surface area contributed by atoms with Crippen molar-refractivity contribution in [2.75, 3.05) is 24.3 Å². The Morgan fingerprint density at radius 3 is 2.76 bits per heavy atom. The number of hydrogen-bond donors (Lipinski definition) is 0. The lowest BCUT2D eigenvalue weighted by Crippen LogP contribution is -2.40. The minimum absolute atomic E-state index is 0.0814. The van der Waals surface area contributed by atoms with Gasteiger partial charge in [-0.25, -0.2) is 0 Å². The average molecular weight is 365 g/mol. The van der Waals surface area contributed by atoms with Crippen molar-refractivity contribution in [2.24, 2.45) is 5.92 Å². The fourth-order valence-corrected chi connectivity index (χ4v) is 4.05. The van der Waals surface area contributed by atoms with Crippen LogP contribution in [0.2, 0.25) is 0 Å². The molecule has 7 heteroatoms. The quantitative estimate of drug-likeness (QED) is 0.519. The normalized spacial score (nSPS) is 19.2. The molecule has 136 valence electrons. The second kappa shape index (κ2) is 7.25. The monoisotopic (exact) mass is 365 g/mol. The number of Topliss-reactive ketones (excluding diaryl/α,β-unsaturated/α-hetero) is 1. The zero-order valence-electron chi connectivity index (χ0n) is 14.4. The Bertz CT molecular complexity index is 787. The highest BCUT2D eigenvalue weighted by Crippen LogP contribution is 2.38. The van der Waals surface area contributed by atoms with E-state index in [1.54, 1.807) is 4.90 Å². The van der Waals surface area contributed by atoms with Gasteiger partial charge < -0.3 is 4.90 Å². The standard InChI is InChI=1S/C18H23NO5S/c1-25(22,23)24-9-4-2-3-8-16(20)15-10-13-6-5-7-14-11-17(21)19(12-15)18(13)14/h5-7,15H,2-4,8-12H2,1H3. The summed E-state index contributed by atoms with van der Waals surface area (Å²) in [5.74, 6) is 0.120. The van der Waals surface area contributed by atoms with Crippen LogP contribution in [-0.4, -0.2) is 39.5 Å². The van der Waals surface area contributed by atoms with Crippen LogP contribution in [0.5, 0.6) is 0 Å². The van der Waals surface area contributed by atoms with Crippen LogP contribution in [-0.2, 0) is 36.7 Å². The molecule has 2 aliphatic heterocycles. The van der Waals surface area contributed by atoms with E-state index in [2.05, 4.69) is 4.18 Å². The first-order chi connectivity index (χ1) is 11.8. The molecule has 0 radical (unpaired) electrons. The van der Waals surface area contributed by atoms with Crippen LogP contribution in [0.3, 0.4) is 0 Å². The van der Waals surface area contributed by atoms with Crippen LogP contribution >= 0.6 is 0 Å². The van der Waals surface area contributed by atoms with Gasteiger partial charge in [0.25, 0.3) is 10.1 Å². The maximum atomic E-state index is 12.5. The molecule has 0 N–H and O–H groups in total. The van der Waals surface area contributed by atoms with Gasteiger partial charge in [0.2, 0.25) is 5.91 Å². The summed E-state index contributed by atoms with van der Waals surface area (Å²) in [5, 5.41) is 0. The summed E-state index contributed by atoms with van der Waals surface area (Å²) in [5.41, 5.74) is 3.18.